The molecule has 1 N–H and O–H groups in total. The SMILES string of the molecule is O=C1OC2(Cc3ccccc31)C(=O)Nc1ccccc12. The summed E-state index contributed by atoms with van der Waals surface area (Å²) in [5, 5.41) is 2.79. The number of carbonyl (C=O) groups excluding carboxylic acids is 2. The fraction of sp³-hybridized carbons (Fsp3) is 0.125. The summed E-state index contributed by atoms with van der Waals surface area (Å²) in [4.78, 5) is 24.6. The van der Waals surface area contributed by atoms with Gasteiger partial charge in [-0.25, -0.2) is 4.79 Å². The molecule has 2 aromatic carbocycles. The van der Waals surface area contributed by atoms with E-state index in [4.69, 9.17) is 4.74 Å². The van der Waals surface area contributed by atoms with E-state index >= 15 is 0 Å². The first-order valence-corrected chi connectivity index (χ1v) is 6.43. The van der Waals surface area contributed by atoms with Crippen LogP contribution in [0.1, 0.15) is 21.5 Å². The number of hydrogen-bond acceptors (Lipinski definition) is 3. The van der Waals surface area contributed by atoms with Crippen molar-refractivity contribution in [1.29, 1.82) is 0 Å². The van der Waals surface area contributed by atoms with Crippen LogP contribution >= 0.6 is 0 Å². The third kappa shape index (κ3) is 1.30. The zero-order valence-electron chi connectivity index (χ0n) is 10.6. The first-order valence-electron chi connectivity index (χ1n) is 6.43. The van der Waals surface area contributed by atoms with Crippen LogP contribution in [0, 0.1) is 0 Å². The Morgan fingerprint density at radius 3 is 2.65 bits per heavy atom. The van der Waals surface area contributed by atoms with Crippen LogP contribution in [0.25, 0.3) is 0 Å². The molecular formula is C16H11NO3. The maximum absolute atomic E-state index is 12.4. The van der Waals surface area contributed by atoms with Gasteiger partial charge in [0.15, 0.2) is 0 Å². The molecule has 2 aromatic rings. The normalized spacial score (nSPS) is 23.0. The van der Waals surface area contributed by atoms with Gasteiger partial charge < -0.3 is 10.1 Å². The average Bonchev–Trinajstić information content (AvgIpc) is 2.72. The molecule has 2 aliphatic heterocycles. The van der Waals surface area contributed by atoms with Crippen molar-refractivity contribution in [3.8, 4) is 0 Å². The number of esters is 1. The van der Waals surface area contributed by atoms with E-state index in [1.54, 1.807) is 12.1 Å². The lowest BCUT2D eigenvalue weighted by Gasteiger charge is -2.32. The van der Waals surface area contributed by atoms with E-state index in [1.165, 1.54) is 0 Å². The van der Waals surface area contributed by atoms with E-state index in [9.17, 15) is 9.59 Å². The van der Waals surface area contributed by atoms with Crippen molar-refractivity contribution in [2.45, 2.75) is 12.0 Å². The summed E-state index contributed by atoms with van der Waals surface area (Å²) in [6.45, 7) is 0. The average molecular weight is 265 g/mol. The fourth-order valence-electron chi connectivity index (χ4n) is 2.96. The lowest BCUT2D eigenvalue weighted by atomic mass is 9.84. The zero-order valence-corrected chi connectivity index (χ0v) is 10.6. The second-order valence-electron chi connectivity index (χ2n) is 5.05. The van der Waals surface area contributed by atoms with Crippen molar-refractivity contribution in [3.63, 3.8) is 0 Å². The minimum atomic E-state index is -1.22. The van der Waals surface area contributed by atoms with Gasteiger partial charge in [0.2, 0.25) is 5.60 Å². The molecule has 98 valence electrons. The molecule has 1 amide bonds. The van der Waals surface area contributed by atoms with Crippen LogP contribution in [0.2, 0.25) is 0 Å². The summed E-state index contributed by atoms with van der Waals surface area (Å²) < 4.78 is 5.55. The smallest absolute Gasteiger partial charge is 0.339 e. The first-order chi connectivity index (χ1) is 9.71. The molecule has 4 nitrogen and oxygen atoms in total. The van der Waals surface area contributed by atoms with Gasteiger partial charge in [-0.15, -0.1) is 0 Å². The van der Waals surface area contributed by atoms with Crippen molar-refractivity contribution in [2.75, 3.05) is 5.32 Å². The van der Waals surface area contributed by atoms with Crippen molar-refractivity contribution in [2.24, 2.45) is 0 Å². The van der Waals surface area contributed by atoms with Gasteiger partial charge in [-0.2, -0.15) is 0 Å². The summed E-state index contributed by atoms with van der Waals surface area (Å²) in [5.41, 5.74) is 1.60. The topological polar surface area (TPSA) is 55.4 Å². The van der Waals surface area contributed by atoms with Crippen LogP contribution in [-0.4, -0.2) is 11.9 Å². The fourth-order valence-corrected chi connectivity index (χ4v) is 2.96. The Labute approximate surface area is 115 Å². The Hall–Kier alpha value is -2.62. The highest BCUT2D eigenvalue weighted by Crippen LogP contribution is 2.44. The van der Waals surface area contributed by atoms with Gasteiger partial charge in [0.25, 0.3) is 5.91 Å². The van der Waals surface area contributed by atoms with Gasteiger partial charge in [0.1, 0.15) is 0 Å². The molecule has 2 heterocycles. The van der Waals surface area contributed by atoms with E-state index in [2.05, 4.69) is 5.32 Å². The van der Waals surface area contributed by atoms with Crippen LogP contribution in [0.3, 0.4) is 0 Å². The molecule has 0 radical (unpaired) electrons. The van der Waals surface area contributed by atoms with Crippen molar-refractivity contribution in [3.05, 3.63) is 65.2 Å². The molecule has 1 unspecified atom stereocenters. The van der Waals surface area contributed by atoms with Crippen LogP contribution in [0.4, 0.5) is 5.69 Å². The molecule has 0 bridgehead atoms. The number of fused-ring (bicyclic) bond motifs is 3. The number of rotatable bonds is 0. The molecule has 20 heavy (non-hydrogen) atoms. The van der Waals surface area contributed by atoms with Crippen LogP contribution in [-0.2, 0) is 21.6 Å². The number of ether oxygens (including phenoxy) is 1. The molecule has 1 spiro atoms. The van der Waals surface area contributed by atoms with Crippen molar-refractivity contribution < 1.29 is 14.3 Å². The molecule has 4 heteroatoms. The number of hydrogen-bond donors (Lipinski definition) is 1. The first kappa shape index (κ1) is 11.2. The highest BCUT2D eigenvalue weighted by atomic mass is 16.6. The Bertz CT molecular complexity index is 753. The summed E-state index contributed by atoms with van der Waals surface area (Å²) in [6.07, 6.45) is 0.373. The van der Waals surface area contributed by atoms with Gasteiger partial charge >= 0.3 is 5.97 Å². The summed E-state index contributed by atoms with van der Waals surface area (Å²) in [6, 6.07) is 14.6. The molecule has 0 aliphatic carbocycles. The van der Waals surface area contributed by atoms with Crippen LogP contribution < -0.4 is 5.32 Å². The van der Waals surface area contributed by atoms with Gasteiger partial charge in [-0.1, -0.05) is 36.4 Å². The molecule has 0 saturated carbocycles. The highest BCUT2D eigenvalue weighted by molar-refractivity contribution is 6.08. The van der Waals surface area contributed by atoms with E-state index < -0.39 is 11.6 Å². The Balaban J connectivity index is 1.92. The van der Waals surface area contributed by atoms with E-state index in [0.29, 0.717) is 17.7 Å². The molecule has 4 rings (SSSR count). The molecule has 0 fully saturated rings. The molecular weight excluding hydrogens is 254 g/mol. The summed E-state index contributed by atoms with van der Waals surface area (Å²) >= 11 is 0. The highest BCUT2D eigenvalue weighted by Gasteiger charge is 2.53. The molecule has 0 aromatic heterocycles. The third-order valence-corrected chi connectivity index (χ3v) is 3.92. The number of para-hydroxylation sites is 1. The van der Waals surface area contributed by atoms with Gasteiger partial charge in [-0.05, 0) is 17.7 Å². The minimum absolute atomic E-state index is 0.276. The lowest BCUT2D eigenvalue weighted by molar-refractivity contribution is -0.135. The maximum atomic E-state index is 12.4. The monoisotopic (exact) mass is 265 g/mol. The molecule has 1 atom stereocenters. The number of carbonyl (C=O) groups is 2. The number of anilines is 1. The minimum Gasteiger partial charge on any atom is -0.440 e. The summed E-state index contributed by atoms with van der Waals surface area (Å²) in [7, 11) is 0. The van der Waals surface area contributed by atoms with E-state index in [0.717, 1.165) is 11.1 Å². The Kier molecular flexibility index (Phi) is 2.07. The van der Waals surface area contributed by atoms with Gasteiger partial charge in [-0.3, -0.25) is 4.79 Å². The second-order valence-corrected chi connectivity index (χ2v) is 5.05. The van der Waals surface area contributed by atoms with Crippen molar-refractivity contribution >= 4 is 17.6 Å². The molecule has 0 saturated heterocycles. The van der Waals surface area contributed by atoms with Gasteiger partial charge in [0, 0.05) is 17.7 Å². The largest absolute Gasteiger partial charge is 0.440 e. The maximum Gasteiger partial charge on any atom is 0.339 e. The predicted molar refractivity (Wildman–Crippen MR) is 72.3 cm³/mol. The number of amides is 1. The third-order valence-electron chi connectivity index (χ3n) is 3.92. The second kappa shape index (κ2) is 3.70. The van der Waals surface area contributed by atoms with Crippen LogP contribution in [0.15, 0.2) is 48.5 Å². The standard InChI is InChI=1S/C16H11NO3/c18-14-11-6-2-1-5-10(11)9-16(20-14)12-7-3-4-8-13(12)17-15(16)19/h1-8H,9H2,(H,17,19). The number of benzene rings is 2. The quantitative estimate of drug-likeness (QED) is 0.743. The number of nitrogens with one attached hydrogen (secondary N) is 1. The Morgan fingerprint density at radius 2 is 1.75 bits per heavy atom. The Morgan fingerprint density at radius 1 is 1.00 bits per heavy atom. The molecule has 2 aliphatic rings. The zero-order chi connectivity index (χ0) is 13.7. The predicted octanol–water partition coefficient (Wildman–Crippen LogP) is 2.25. The van der Waals surface area contributed by atoms with E-state index in [1.807, 2.05) is 36.4 Å². The summed E-state index contributed by atoms with van der Waals surface area (Å²) in [5.74, 6) is -0.722. The van der Waals surface area contributed by atoms with Crippen molar-refractivity contribution in [1.82, 2.24) is 0 Å². The van der Waals surface area contributed by atoms with E-state index in [-0.39, 0.29) is 5.91 Å². The van der Waals surface area contributed by atoms with Crippen LogP contribution in [0.5, 0.6) is 0 Å². The lowest BCUT2D eigenvalue weighted by Crippen LogP contribution is -2.44. The van der Waals surface area contributed by atoms with Gasteiger partial charge in [0.05, 0.1) is 5.56 Å².